The van der Waals surface area contributed by atoms with E-state index < -0.39 is 0 Å². The third kappa shape index (κ3) is 3.92. The monoisotopic (exact) mass is 394 g/mol. The van der Waals surface area contributed by atoms with Gasteiger partial charge in [-0.3, -0.25) is 0 Å². The second-order valence-electron chi connectivity index (χ2n) is 6.63. The number of rotatable bonds is 6. The minimum Gasteiger partial charge on any atom is -0.493 e. The number of benzene rings is 2. The summed E-state index contributed by atoms with van der Waals surface area (Å²) in [5.41, 5.74) is 4.79. The molecule has 28 heavy (non-hydrogen) atoms. The third-order valence-corrected chi connectivity index (χ3v) is 5.02. The molecule has 2 aromatic carbocycles. The Hall–Kier alpha value is -2.73. The van der Waals surface area contributed by atoms with Crippen molar-refractivity contribution in [1.29, 1.82) is 0 Å². The zero-order valence-electron chi connectivity index (χ0n) is 16.6. The van der Waals surface area contributed by atoms with Gasteiger partial charge in [0.2, 0.25) is 11.0 Å². The Labute approximate surface area is 171 Å². The van der Waals surface area contributed by atoms with Crippen LogP contribution in [0.1, 0.15) is 38.3 Å². The van der Waals surface area contributed by atoms with E-state index >= 15 is 0 Å². The van der Waals surface area contributed by atoms with E-state index in [1.54, 1.807) is 0 Å². The summed E-state index contributed by atoms with van der Waals surface area (Å²) in [5, 5.41) is 23.5. The van der Waals surface area contributed by atoms with Crippen LogP contribution in [0.25, 0.3) is 10.9 Å². The first-order valence-corrected chi connectivity index (χ1v) is 10.1. The van der Waals surface area contributed by atoms with Crippen LogP contribution in [0.5, 0.6) is 5.88 Å². The van der Waals surface area contributed by atoms with Crippen molar-refractivity contribution < 1.29 is 5.11 Å². The Morgan fingerprint density at radius 3 is 2.36 bits per heavy atom. The van der Waals surface area contributed by atoms with Crippen LogP contribution < -0.4 is 5.32 Å². The highest BCUT2D eigenvalue weighted by atomic mass is 32.1. The Kier molecular flexibility index (Phi) is 6.41. The number of hydrogen-bond acceptors (Lipinski definition) is 3. The lowest BCUT2D eigenvalue weighted by Crippen LogP contribution is -2.09. The van der Waals surface area contributed by atoms with Gasteiger partial charge in [-0.2, -0.15) is 0 Å². The molecule has 146 valence electrons. The van der Waals surface area contributed by atoms with E-state index in [1.807, 2.05) is 28.8 Å². The number of aromatic nitrogens is 1. The molecule has 0 radical (unpaired) electrons. The highest BCUT2D eigenvalue weighted by Crippen LogP contribution is 2.39. The molecule has 0 saturated carbocycles. The molecular weight excluding hydrogens is 368 g/mol. The zero-order chi connectivity index (χ0) is 20.1. The maximum Gasteiger partial charge on any atom is 0.220 e. The lowest BCUT2D eigenvalue weighted by molar-refractivity contribution is 0.421. The summed E-state index contributed by atoms with van der Waals surface area (Å²) in [4.78, 5) is 0. The van der Waals surface area contributed by atoms with Crippen LogP contribution in [0.3, 0.4) is 0 Å². The molecule has 5 nitrogen and oxygen atoms in total. The van der Waals surface area contributed by atoms with Crippen LogP contribution in [0.2, 0.25) is 0 Å². The second-order valence-corrected chi connectivity index (χ2v) is 7.02. The summed E-state index contributed by atoms with van der Waals surface area (Å²) < 4.78 is 1.86. The van der Waals surface area contributed by atoms with E-state index in [9.17, 15) is 5.11 Å². The highest BCUT2D eigenvalue weighted by Gasteiger charge is 2.16. The molecule has 1 aromatic heterocycles. The molecule has 3 rings (SSSR count). The number of nitrogens with one attached hydrogen (secondary N) is 1. The molecule has 0 aliphatic heterocycles. The second kappa shape index (κ2) is 8.97. The van der Waals surface area contributed by atoms with Crippen molar-refractivity contribution in [3.63, 3.8) is 0 Å². The van der Waals surface area contributed by atoms with Gasteiger partial charge < -0.3 is 15.0 Å². The smallest absolute Gasteiger partial charge is 0.220 e. The van der Waals surface area contributed by atoms with Crippen molar-refractivity contribution in [2.45, 2.75) is 46.6 Å². The van der Waals surface area contributed by atoms with Crippen molar-refractivity contribution >= 4 is 39.6 Å². The van der Waals surface area contributed by atoms with Crippen LogP contribution in [-0.4, -0.2) is 14.8 Å². The van der Waals surface area contributed by atoms with E-state index in [0.717, 1.165) is 35.9 Å². The average molecular weight is 395 g/mol. The molecular formula is C22H26N4OS. The summed E-state index contributed by atoms with van der Waals surface area (Å²) in [6.45, 7) is 7.02. The SMILES string of the molecule is CCCn1c(O)c(N=NC(=S)Nc2c(CC)cccc2CC)c2ccccc21. The van der Waals surface area contributed by atoms with Crippen LogP contribution in [-0.2, 0) is 19.4 Å². The Bertz CT molecular complexity index is 1000. The Morgan fingerprint density at radius 2 is 1.71 bits per heavy atom. The first kappa shape index (κ1) is 20.0. The van der Waals surface area contributed by atoms with Gasteiger partial charge in [0.25, 0.3) is 0 Å². The van der Waals surface area contributed by atoms with Gasteiger partial charge in [-0.25, -0.2) is 0 Å². The number of para-hydroxylation sites is 2. The number of hydrogen-bond donors (Lipinski definition) is 2. The predicted molar refractivity (Wildman–Crippen MR) is 120 cm³/mol. The quantitative estimate of drug-likeness (QED) is 0.377. The van der Waals surface area contributed by atoms with Gasteiger partial charge >= 0.3 is 0 Å². The summed E-state index contributed by atoms with van der Waals surface area (Å²) >= 11 is 5.41. The molecule has 0 unspecified atom stereocenters. The predicted octanol–water partition coefficient (Wildman–Crippen LogP) is 6.36. The molecule has 2 N–H and O–H groups in total. The number of aryl methyl sites for hydroxylation is 3. The largest absolute Gasteiger partial charge is 0.493 e. The normalized spacial score (nSPS) is 11.4. The molecule has 0 amide bonds. The first-order valence-electron chi connectivity index (χ1n) is 9.74. The van der Waals surface area contributed by atoms with Gasteiger partial charge in [0.1, 0.15) is 0 Å². The van der Waals surface area contributed by atoms with Crippen molar-refractivity contribution in [3.05, 3.63) is 53.6 Å². The fourth-order valence-electron chi connectivity index (χ4n) is 3.45. The minimum absolute atomic E-state index is 0.123. The number of anilines is 1. The number of aromatic hydroxyl groups is 1. The van der Waals surface area contributed by atoms with E-state index in [2.05, 4.69) is 54.5 Å². The number of azo groups is 1. The van der Waals surface area contributed by atoms with Gasteiger partial charge in [-0.05, 0) is 48.7 Å². The van der Waals surface area contributed by atoms with Gasteiger partial charge in [0.15, 0.2) is 5.69 Å². The molecule has 0 aliphatic carbocycles. The fraction of sp³-hybridized carbons (Fsp3) is 0.318. The van der Waals surface area contributed by atoms with Gasteiger partial charge in [0, 0.05) is 17.6 Å². The van der Waals surface area contributed by atoms with Crippen LogP contribution in [0, 0.1) is 0 Å². The van der Waals surface area contributed by atoms with Crippen LogP contribution >= 0.6 is 12.2 Å². The topological polar surface area (TPSA) is 61.9 Å². The lowest BCUT2D eigenvalue weighted by Gasteiger charge is -2.13. The fourth-order valence-corrected chi connectivity index (χ4v) is 3.59. The zero-order valence-corrected chi connectivity index (χ0v) is 17.4. The van der Waals surface area contributed by atoms with Gasteiger partial charge in [-0.15, -0.1) is 10.2 Å². The van der Waals surface area contributed by atoms with Crippen LogP contribution in [0.4, 0.5) is 11.4 Å². The molecule has 0 atom stereocenters. The maximum absolute atomic E-state index is 10.7. The van der Waals surface area contributed by atoms with Crippen molar-refractivity contribution in [2.75, 3.05) is 5.32 Å². The van der Waals surface area contributed by atoms with E-state index in [-0.39, 0.29) is 11.0 Å². The summed E-state index contributed by atoms with van der Waals surface area (Å²) in [6.07, 6.45) is 2.72. The van der Waals surface area contributed by atoms with Gasteiger partial charge in [0.05, 0.1) is 5.52 Å². The molecule has 6 heteroatoms. The maximum atomic E-state index is 10.7. The molecule has 0 fully saturated rings. The van der Waals surface area contributed by atoms with Crippen molar-refractivity contribution in [2.24, 2.45) is 10.2 Å². The molecule has 3 aromatic rings. The number of fused-ring (bicyclic) bond motifs is 1. The summed E-state index contributed by atoms with van der Waals surface area (Å²) in [5.74, 6) is 0.123. The van der Waals surface area contributed by atoms with E-state index in [0.29, 0.717) is 12.2 Å². The molecule has 0 spiro atoms. The number of nitrogens with zero attached hydrogens (tertiary/aromatic N) is 3. The molecule has 0 saturated heterocycles. The number of thiocarbonyl (C=S) groups is 1. The standard InChI is InChI=1S/C22H26N4OS/c1-4-14-26-18-13-8-7-12-17(18)20(21(26)27)24-25-22(28)23-19-15(5-2)10-9-11-16(19)6-3/h7-13,27H,4-6,14H2,1-3H3,(H,23,28). The molecule has 0 aliphatic rings. The van der Waals surface area contributed by atoms with Crippen molar-refractivity contribution in [1.82, 2.24) is 4.57 Å². The Morgan fingerprint density at radius 1 is 1.04 bits per heavy atom. The molecule has 1 heterocycles. The lowest BCUT2D eigenvalue weighted by atomic mass is 10.0. The summed E-state index contributed by atoms with van der Waals surface area (Å²) in [6, 6.07) is 14.0. The Balaban J connectivity index is 1.91. The van der Waals surface area contributed by atoms with E-state index in [1.165, 1.54) is 11.1 Å². The van der Waals surface area contributed by atoms with Crippen LogP contribution in [0.15, 0.2) is 52.7 Å². The summed E-state index contributed by atoms with van der Waals surface area (Å²) in [7, 11) is 0. The third-order valence-electron chi connectivity index (χ3n) is 4.84. The molecule has 0 bridgehead atoms. The first-order chi connectivity index (χ1) is 13.6. The average Bonchev–Trinajstić information content (AvgIpc) is 2.98. The highest BCUT2D eigenvalue weighted by molar-refractivity contribution is 7.80. The van der Waals surface area contributed by atoms with E-state index in [4.69, 9.17) is 12.2 Å². The van der Waals surface area contributed by atoms with Gasteiger partial charge in [-0.1, -0.05) is 57.2 Å². The van der Waals surface area contributed by atoms with Crippen molar-refractivity contribution in [3.8, 4) is 5.88 Å². The minimum atomic E-state index is 0.123.